The summed E-state index contributed by atoms with van der Waals surface area (Å²) in [5, 5.41) is 2.92. The van der Waals surface area contributed by atoms with Gasteiger partial charge in [-0.15, -0.1) is 0 Å². The molecule has 0 aliphatic heterocycles. The van der Waals surface area contributed by atoms with E-state index < -0.39 is 34.1 Å². The van der Waals surface area contributed by atoms with Crippen LogP contribution in [0.4, 0.5) is 5.69 Å². The highest BCUT2D eigenvalue weighted by Crippen LogP contribution is 2.27. The number of nitrogens with one attached hydrogen (secondary N) is 1. The first kappa shape index (κ1) is 31.5. The van der Waals surface area contributed by atoms with Crippen LogP contribution in [0.3, 0.4) is 0 Å². The molecule has 0 aromatic heterocycles. The Labute approximate surface area is 243 Å². The van der Waals surface area contributed by atoms with Crippen LogP contribution in [0.2, 0.25) is 0 Å². The molecule has 0 fully saturated rings. The highest BCUT2D eigenvalue weighted by molar-refractivity contribution is 7.92. The fraction of sp³-hybridized carbons (Fsp3) is 0.355. The van der Waals surface area contributed by atoms with Gasteiger partial charge in [0.15, 0.2) is 0 Å². The number of methoxy groups -OCH3 is 2. The van der Waals surface area contributed by atoms with E-state index in [9.17, 15) is 18.0 Å². The Morgan fingerprint density at radius 1 is 0.902 bits per heavy atom. The van der Waals surface area contributed by atoms with E-state index in [0.717, 1.165) is 15.4 Å². The maximum atomic E-state index is 14.0. The number of amides is 2. The van der Waals surface area contributed by atoms with Crippen LogP contribution in [0.25, 0.3) is 0 Å². The molecule has 0 spiro atoms. The van der Waals surface area contributed by atoms with Gasteiger partial charge in [0, 0.05) is 12.1 Å². The van der Waals surface area contributed by atoms with Crippen molar-refractivity contribution in [3.8, 4) is 11.5 Å². The Balaban J connectivity index is 2.05. The first-order chi connectivity index (χ1) is 19.2. The minimum Gasteiger partial charge on any atom is -0.497 e. The molecule has 1 atom stereocenters. The van der Waals surface area contributed by atoms with Gasteiger partial charge in [-0.3, -0.25) is 13.9 Å². The molecule has 0 heterocycles. The highest BCUT2D eigenvalue weighted by Gasteiger charge is 2.33. The van der Waals surface area contributed by atoms with Crippen molar-refractivity contribution >= 4 is 27.5 Å². The van der Waals surface area contributed by atoms with Gasteiger partial charge in [-0.2, -0.15) is 0 Å². The summed E-state index contributed by atoms with van der Waals surface area (Å²) < 4.78 is 39.5. The van der Waals surface area contributed by atoms with Crippen molar-refractivity contribution in [3.63, 3.8) is 0 Å². The summed E-state index contributed by atoms with van der Waals surface area (Å²) >= 11 is 0. The zero-order valence-corrected chi connectivity index (χ0v) is 25.5. The van der Waals surface area contributed by atoms with Crippen LogP contribution in [0, 0.1) is 6.92 Å². The standard InChI is InChI=1S/C31H39N3O6S/c1-22-11-17-28(18-12-22)41(37,38)34(25-13-15-26(39-6)16-14-25)21-29(35)33(23(2)30(36)32-31(3,4)5)20-24-9-8-10-27(19-24)40-7/h8-19,23H,20-21H2,1-7H3,(H,32,36). The molecule has 0 radical (unpaired) electrons. The van der Waals surface area contributed by atoms with Crippen molar-refractivity contribution in [2.24, 2.45) is 0 Å². The third kappa shape index (κ3) is 8.23. The number of benzene rings is 3. The van der Waals surface area contributed by atoms with Gasteiger partial charge in [0.2, 0.25) is 11.8 Å². The summed E-state index contributed by atoms with van der Waals surface area (Å²) in [7, 11) is -1.09. The predicted molar refractivity (Wildman–Crippen MR) is 160 cm³/mol. The molecule has 3 aromatic rings. The van der Waals surface area contributed by atoms with E-state index in [-0.39, 0.29) is 23.0 Å². The third-order valence-corrected chi connectivity index (χ3v) is 8.19. The van der Waals surface area contributed by atoms with Crippen LogP contribution in [-0.4, -0.2) is 57.5 Å². The topological polar surface area (TPSA) is 105 Å². The van der Waals surface area contributed by atoms with E-state index in [1.54, 1.807) is 68.6 Å². The van der Waals surface area contributed by atoms with Crippen LogP contribution >= 0.6 is 0 Å². The monoisotopic (exact) mass is 581 g/mol. The van der Waals surface area contributed by atoms with Crippen LogP contribution in [0.1, 0.15) is 38.8 Å². The minimum atomic E-state index is -4.15. The summed E-state index contributed by atoms with van der Waals surface area (Å²) in [4.78, 5) is 28.7. The molecular formula is C31H39N3O6S. The number of sulfonamides is 1. The Bertz CT molecular complexity index is 1450. The normalized spacial score (nSPS) is 12.3. The van der Waals surface area contributed by atoms with E-state index in [2.05, 4.69) is 5.32 Å². The second-order valence-electron chi connectivity index (χ2n) is 10.8. The van der Waals surface area contributed by atoms with E-state index in [0.29, 0.717) is 11.5 Å². The summed E-state index contributed by atoms with van der Waals surface area (Å²) in [5.41, 5.74) is 1.39. The number of hydrogen-bond donors (Lipinski definition) is 1. The number of aryl methyl sites for hydroxylation is 1. The van der Waals surface area contributed by atoms with Crippen molar-refractivity contribution in [2.45, 2.75) is 57.6 Å². The van der Waals surface area contributed by atoms with E-state index in [1.165, 1.54) is 24.1 Å². The first-order valence-electron chi connectivity index (χ1n) is 13.2. The molecular weight excluding hydrogens is 542 g/mol. The number of nitrogens with zero attached hydrogens (tertiary/aromatic N) is 2. The van der Waals surface area contributed by atoms with Gasteiger partial charge in [0.25, 0.3) is 10.0 Å². The second kappa shape index (κ2) is 13.1. The number of ether oxygens (including phenoxy) is 2. The minimum absolute atomic E-state index is 0.0459. The van der Waals surface area contributed by atoms with Gasteiger partial charge >= 0.3 is 0 Å². The highest BCUT2D eigenvalue weighted by atomic mass is 32.2. The molecule has 1 N–H and O–H groups in total. The Kier molecular flexibility index (Phi) is 10.0. The average molecular weight is 582 g/mol. The zero-order chi connectivity index (χ0) is 30.4. The molecule has 9 nitrogen and oxygen atoms in total. The average Bonchev–Trinajstić information content (AvgIpc) is 2.93. The van der Waals surface area contributed by atoms with Crippen molar-refractivity contribution in [3.05, 3.63) is 83.9 Å². The van der Waals surface area contributed by atoms with Crippen molar-refractivity contribution < 1.29 is 27.5 Å². The summed E-state index contributed by atoms with van der Waals surface area (Å²) in [6.45, 7) is 8.59. The Morgan fingerprint density at radius 3 is 2.07 bits per heavy atom. The van der Waals surface area contributed by atoms with Crippen molar-refractivity contribution in [1.82, 2.24) is 10.2 Å². The summed E-state index contributed by atoms with van der Waals surface area (Å²) in [6, 6.07) is 19.1. The quantitative estimate of drug-likeness (QED) is 0.357. The molecule has 3 aromatic carbocycles. The van der Waals surface area contributed by atoms with Crippen molar-refractivity contribution in [1.29, 1.82) is 0 Å². The molecule has 3 rings (SSSR count). The molecule has 0 saturated heterocycles. The van der Waals surface area contributed by atoms with Gasteiger partial charge in [0.1, 0.15) is 24.1 Å². The SMILES string of the molecule is COc1ccc(N(CC(=O)N(Cc2cccc(OC)c2)C(C)C(=O)NC(C)(C)C)S(=O)(=O)c2ccc(C)cc2)cc1. The number of anilines is 1. The van der Waals surface area contributed by atoms with Crippen LogP contribution in [0.5, 0.6) is 11.5 Å². The number of rotatable bonds is 11. The molecule has 2 amide bonds. The van der Waals surface area contributed by atoms with E-state index in [4.69, 9.17) is 9.47 Å². The Morgan fingerprint density at radius 2 is 1.51 bits per heavy atom. The number of hydrogen-bond acceptors (Lipinski definition) is 6. The molecule has 0 aliphatic carbocycles. The molecule has 41 heavy (non-hydrogen) atoms. The zero-order valence-electron chi connectivity index (χ0n) is 24.7. The smallest absolute Gasteiger partial charge is 0.264 e. The van der Waals surface area contributed by atoms with Crippen molar-refractivity contribution in [2.75, 3.05) is 25.1 Å². The number of carbonyl (C=O) groups is 2. The fourth-order valence-electron chi connectivity index (χ4n) is 4.14. The molecule has 1 unspecified atom stereocenters. The first-order valence-corrected chi connectivity index (χ1v) is 14.7. The lowest BCUT2D eigenvalue weighted by atomic mass is 10.1. The fourth-order valence-corrected chi connectivity index (χ4v) is 5.55. The maximum absolute atomic E-state index is 14.0. The van der Waals surface area contributed by atoms with Gasteiger partial charge in [-0.25, -0.2) is 8.42 Å². The van der Waals surface area contributed by atoms with Gasteiger partial charge in [-0.05, 0) is 88.7 Å². The van der Waals surface area contributed by atoms with E-state index >= 15 is 0 Å². The molecule has 10 heteroatoms. The maximum Gasteiger partial charge on any atom is 0.264 e. The van der Waals surface area contributed by atoms with Gasteiger partial charge in [-0.1, -0.05) is 29.8 Å². The van der Waals surface area contributed by atoms with Crippen LogP contribution < -0.4 is 19.1 Å². The molecule has 0 aliphatic rings. The summed E-state index contributed by atoms with van der Waals surface area (Å²) in [6.07, 6.45) is 0. The lowest BCUT2D eigenvalue weighted by molar-refractivity contribution is -0.140. The molecule has 220 valence electrons. The molecule has 0 saturated carbocycles. The third-order valence-electron chi connectivity index (χ3n) is 6.40. The van der Waals surface area contributed by atoms with Crippen LogP contribution in [0.15, 0.2) is 77.7 Å². The lowest BCUT2D eigenvalue weighted by Gasteiger charge is -2.33. The van der Waals surface area contributed by atoms with Gasteiger partial charge in [0.05, 0.1) is 24.8 Å². The summed E-state index contributed by atoms with van der Waals surface area (Å²) in [5.74, 6) is 0.241. The Hall–Kier alpha value is -4.05. The number of carbonyl (C=O) groups excluding carboxylic acids is 2. The second-order valence-corrected chi connectivity index (χ2v) is 12.7. The van der Waals surface area contributed by atoms with Crippen LogP contribution in [-0.2, 0) is 26.2 Å². The van der Waals surface area contributed by atoms with E-state index in [1.807, 2.05) is 33.8 Å². The van der Waals surface area contributed by atoms with Gasteiger partial charge < -0.3 is 19.7 Å². The lowest BCUT2D eigenvalue weighted by Crippen LogP contribution is -2.54. The molecule has 0 bridgehead atoms. The predicted octanol–water partition coefficient (Wildman–Crippen LogP) is 4.54. The largest absolute Gasteiger partial charge is 0.497 e.